The van der Waals surface area contributed by atoms with E-state index < -0.39 is 0 Å². The molecule has 0 unspecified atom stereocenters. The highest BCUT2D eigenvalue weighted by Crippen LogP contribution is 2.38. The van der Waals surface area contributed by atoms with Crippen LogP contribution in [0.3, 0.4) is 0 Å². The monoisotopic (exact) mass is 284 g/mol. The zero-order chi connectivity index (χ0) is 13.8. The van der Waals surface area contributed by atoms with E-state index in [4.69, 9.17) is 0 Å². The standard InChI is InChI=1S/C15H28N2OS/c1-14(8-10-16-11-9-14)13(18)17-12-15(19-2)6-4-3-5-7-15/h16H,3-12H2,1-2H3,(H,17,18). The van der Waals surface area contributed by atoms with E-state index in [2.05, 4.69) is 23.8 Å². The summed E-state index contributed by atoms with van der Waals surface area (Å²) in [6.07, 6.45) is 10.6. The summed E-state index contributed by atoms with van der Waals surface area (Å²) < 4.78 is 0.303. The molecule has 0 aromatic rings. The first-order valence-corrected chi connectivity index (χ1v) is 8.87. The molecule has 1 heterocycles. The van der Waals surface area contributed by atoms with Crippen molar-refractivity contribution in [2.75, 3.05) is 25.9 Å². The third kappa shape index (κ3) is 3.66. The van der Waals surface area contributed by atoms with Gasteiger partial charge in [0.2, 0.25) is 5.91 Å². The third-order valence-electron chi connectivity index (χ3n) is 5.02. The molecule has 110 valence electrons. The van der Waals surface area contributed by atoms with Crippen molar-refractivity contribution in [2.45, 2.75) is 56.6 Å². The summed E-state index contributed by atoms with van der Waals surface area (Å²) in [5.74, 6) is 0.271. The first-order valence-electron chi connectivity index (χ1n) is 7.64. The zero-order valence-corrected chi connectivity index (χ0v) is 13.2. The van der Waals surface area contributed by atoms with Crippen LogP contribution in [0.4, 0.5) is 0 Å². The zero-order valence-electron chi connectivity index (χ0n) is 12.4. The van der Waals surface area contributed by atoms with Gasteiger partial charge >= 0.3 is 0 Å². The van der Waals surface area contributed by atoms with Gasteiger partial charge in [-0.05, 0) is 45.0 Å². The third-order valence-corrected chi connectivity index (χ3v) is 6.44. The minimum atomic E-state index is -0.153. The largest absolute Gasteiger partial charge is 0.354 e. The SMILES string of the molecule is CSC1(CNC(=O)C2(C)CCNCC2)CCCCC1. The number of rotatable bonds is 4. The Kier molecular flexibility index (Phi) is 5.18. The van der Waals surface area contributed by atoms with E-state index in [1.807, 2.05) is 11.8 Å². The quantitative estimate of drug-likeness (QED) is 0.833. The Labute approximate surface area is 121 Å². The summed E-state index contributed by atoms with van der Waals surface area (Å²) in [5, 5.41) is 6.60. The number of amides is 1. The maximum atomic E-state index is 12.5. The first kappa shape index (κ1) is 15.2. The van der Waals surface area contributed by atoms with Gasteiger partial charge in [-0.15, -0.1) is 0 Å². The molecule has 1 amide bonds. The number of hydrogen-bond acceptors (Lipinski definition) is 3. The lowest BCUT2D eigenvalue weighted by atomic mass is 9.80. The van der Waals surface area contributed by atoms with Gasteiger partial charge in [0.1, 0.15) is 0 Å². The molecule has 0 bridgehead atoms. The van der Waals surface area contributed by atoms with Crippen LogP contribution < -0.4 is 10.6 Å². The van der Waals surface area contributed by atoms with Crippen molar-refractivity contribution in [3.63, 3.8) is 0 Å². The Morgan fingerprint density at radius 2 is 1.79 bits per heavy atom. The molecule has 2 aliphatic rings. The molecule has 2 fully saturated rings. The molecule has 0 atom stereocenters. The lowest BCUT2D eigenvalue weighted by molar-refractivity contribution is -0.131. The predicted molar refractivity (Wildman–Crippen MR) is 82.6 cm³/mol. The number of thioether (sulfide) groups is 1. The van der Waals surface area contributed by atoms with Crippen LogP contribution >= 0.6 is 11.8 Å². The van der Waals surface area contributed by atoms with Gasteiger partial charge < -0.3 is 10.6 Å². The van der Waals surface area contributed by atoms with Crippen LogP contribution in [0.25, 0.3) is 0 Å². The molecular formula is C15H28N2OS. The second kappa shape index (κ2) is 6.49. The maximum absolute atomic E-state index is 12.5. The highest BCUT2D eigenvalue weighted by molar-refractivity contribution is 8.00. The van der Waals surface area contributed by atoms with Gasteiger partial charge in [0.25, 0.3) is 0 Å². The van der Waals surface area contributed by atoms with Crippen LogP contribution in [0.5, 0.6) is 0 Å². The van der Waals surface area contributed by atoms with E-state index in [1.165, 1.54) is 32.1 Å². The fraction of sp³-hybridized carbons (Fsp3) is 0.933. The van der Waals surface area contributed by atoms with Crippen LogP contribution in [-0.2, 0) is 4.79 Å². The minimum absolute atomic E-state index is 0.153. The average Bonchev–Trinajstić information content (AvgIpc) is 2.46. The normalized spacial score (nSPS) is 25.8. The van der Waals surface area contributed by atoms with E-state index in [1.54, 1.807) is 0 Å². The van der Waals surface area contributed by atoms with Crippen molar-refractivity contribution >= 4 is 17.7 Å². The number of carbonyl (C=O) groups is 1. The van der Waals surface area contributed by atoms with E-state index in [9.17, 15) is 4.79 Å². The van der Waals surface area contributed by atoms with E-state index in [0.717, 1.165) is 32.5 Å². The maximum Gasteiger partial charge on any atom is 0.226 e. The lowest BCUT2D eigenvalue weighted by Gasteiger charge is -2.38. The molecule has 1 aliphatic heterocycles. The number of piperidine rings is 1. The molecule has 2 N–H and O–H groups in total. The van der Waals surface area contributed by atoms with Crippen molar-refractivity contribution in [1.82, 2.24) is 10.6 Å². The molecule has 1 aliphatic carbocycles. The predicted octanol–water partition coefficient (Wildman–Crippen LogP) is 2.56. The molecule has 0 aromatic heterocycles. The van der Waals surface area contributed by atoms with Gasteiger partial charge in [0, 0.05) is 16.7 Å². The highest BCUT2D eigenvalue weighted by Gasteiger charge is 2.37. The van der Waals surface area contributed by atoms with Crippen molar-refractivity contribution in [1.29, 1.82) is 0 Å². The Hall–Kier alpha value is -0.220. The molecule has 0 radical (unpaired) electrons. The van der Waals surface area contributed by atoms with Crippen LogP contribution in [0.15, 0.2) is 0 Å². The second-order valence-electron chi connectivity index (χ2n) is 6.44. The summed E-state index contributed by atoms with van der Waals surface area (Å²) in [6, 6.07) is 0. The summed E-state index contributed by atoms with van der Waals surface area (Å²) in [4.78, 5) is 12.5. The second-order valence-corrected chi connectivity index (χ2v) is 7.72. The minimum Gasteiger partial charge on any atom is -0.354 e. The molecule has 1 saturated heterocycles. The Morgan fingerprint density at radius 3 is 2.37 bits per heavy atom. The van der Waals surface area contributed by atoms with Gasteiger partial charge in [0.15, 0.2) is 0 Å². The lowest BCUT2D eigenvalue weighted by Crippen LogP contribution is -2.49. The van der Waals surface area contributed by atoms with Crippen molar-refractivity contribution in [3.8, 4) is 0 Å². The Bertz CT molecular complexity index is 307. The highest BCUT2D eigenvalue weighted by atomic mass is 32.2. The van der Waals surface area contributed by atoms with Crippen molar-refractivity contribution in [2.24, 2.45) is 5.41 Å². The van der Waals surface area contributed by atoms with Gasteiger partial charge in [-0.2, -0.15) is 11.8 Å². The van der Waals surface area contributed by atoms with Crippen molar-refractivity contribution in [3.05, 3.63) is 0 Å². The summed E-state index contributed by atoms with van der Waals surface area (Å²) in [6.45, 7) is 4.92. The molecule has 0 aromatic carbocycles. The van der Waals surface area contributed by atoms with Gasteiger partial charge in [-0.25, -0.2) is 0 Å². The fourth-order valence-electron chi connectivity index (χ4n) is 3.31. The molecule has 1 saturated carbocycles. The van der Waals surface area contributed by atoms with Crippen LogP contribution in [-0.4, -0.2) is 36.5 Å². The number of nitrogens with one attached hydrogen (secondary N) is 2. The number of carbonyl (C=O) groups excluding carboxylic acids is 1. The van der Waals surface area contributed by atoms with Gasteiger partial charge in [-0.1, -0.05) is 26.2 Å². The van der Waals surface area contributed by atoms with Gasteiger partial charge in [-0.3, -0.25) is 4.79 Å². The molecule has 2 rings (SSSR count). The molecule has 19 heavy (non-hydrogen) atoms. The Balaban J connectivity index is 1.87. The first-order chi connectivity index (χ1) is 9.10. The molecule has 0 spiro atoms. The van der Waals surface area contributed by atoms with Crippen molar-refractivity contribution < 1.29 is 4.79 Å². The fourth-order valence-corrected chi connectivity index (χ4v) is 4.22. The van der Waals surface area contributed by atoms with Crippen LogP contribution in [0.1, 0.15) is 51.9 Å². The van der Waals surface area contributed by atoms with E-state index >= 15 is 0 Å². The average molecular weight is 284 g/mol. The molecule has 3 nitrogen and oxygen atoms in total. The Morgan fingerprint density at radius 1 is 1.16 bits per heavy atom. The molecular weight excluding hydrogens is 256 g/mol. The summed E-state index contributed by atoms with van der Waals surface area (Å²) in [7, 11) is 0. The van der Waals surface area contributed by atoms with Gasteiger partial charge in [0.05, 0.1) is 0 Å². The topological polar surface area (TPSA) is 41.1 Å². The number of hydrogen-bond donors (Lipinski definition) is 2. The smallest absolute Gasteiger partial charge is 0.226 e. The van der Waals surface area contributed by atoms with Crippen LogP contribution in [0.2, 0.25) is 0 Å². The van der Waals surface area contributed by atoms with Crippen LogP contribution in [0, 0.1) is 5.41 Å². The molecule has 4 heteroatoms. The van der Waals surface area contributed by atoms with E-state index in [-0.39, 0.29) is 11.3 Å². The van der Waals surface area contributed by atoms with E-state index in [0.29, 0.717) is 4.75 Å². The summed E-state index contributed by atoms with van der Waals surface area (Å²) in [5.41, 5.74) is -0.153. The summed E-state index contributed by atoms with van der Waals surface area (Å²) >= 11 is 1.95.